The highest BCUT2D eigenvalue weighted by Crippen LogP contribution is 2.20. The number of likely N-dealkylation sites (tertiary alicyclic amines) is 1. The van der Waals surface area contributed by atoms with Crippen LogP contribution in [0.15, 0.2) is 23.0 Å². The number of amides is 1. The lowest BCUT2D eigenvalue weighted by molar-refractivity contribution is -0.145. The highest BCUT2D eigenvalue weighted by atomic mass is 16.5. The number of aromatic amines is 1. The van der Waals surface area contributed by atoms with Gasteiger partial charge in [-0.2, -0.15) is 0 Å². The molecule has 2 rings (SSSR count). The molecule has 1 aromatic rings. The predicted octanol–water partition coefficient (Wildman–Crippen LogP) is -0.877. The van der Waals surface area contributed by atoms with Crippen LogP contribution in [-0.4, -0.2) is 52.7 Å². The van der Waals surface area contributed by atoms with Crippen molar-refractivity contribution in [2.24, 2.45) is 0 Å². The Labute approximate surface area is 108 Å². The molecular formula is C12H14N2O5. The Kier molecular flexibility index (Phi) is 3.66. The molecule has 7 nitrogen and oxygen atoms in total. The van der Waals surface area contributed by atoms with E-state index in [1.54, 1.807) is 0 Å². The highest BCUT2D eigenvalue weighted by molar-refractivity contribution is 5.95. The number of hydrogen-bond donors (Lipinski definition) is 2. The molecule has 2 unspecified atom stereocenters. The van der Waals surface area contributed by atoms with Crippen molar-refractivity contribution < 1.29 is 19.4 Å². The fourth-order valence-corrected chi connectivity index (χ4v) is 2.12. The molecule has 19 heavy (non-hydrogen) atoms. The van der Waals surface area contributed by atoms with Gasteiger partial charge >= 0.3 is 5.97 Å². The highest BCUT2D eigenvalue weighted by Gasteiger charge is 2.40. The first kappa shape index (κ1) is 13.3. The van der Waals surface area contributed by atoms with Crippen LogP contribution in [0.5, 0.6) is 0 Å². The number of pyridine rings is 1. The topological polar surface area (TPSA) is 99.7 Å². The third-order valence-corrected chi connectivity index (χ3v) is 3.01. The summed E-state index contributed by atoms with van der Waals surface area (Å²) in [6, 6.07) is 3.36. The molecular weight excluding hydrogens is 252 g/mol. The number of hydrogen-bond acceptors (Lipinski definition) is 5. The van der Waals surface area contributed by atoms with Gasteiger partial charge in [0.05, 0.1) is 13.2 Å². The minimum Gasteiger partial charge on any atom is -0.467 e. The van der Waals surface area contributed by atoms with Crippen LogP contribution in [0.2, 0.25) is 0 Å². The molecule has 1 amide bonds. The second-order valence-electron chi connectivity index (χ2n) is 4.31. The van der Waals surface area contributed by atoms with Crippen LogP contribution in [-0.2, 0) is 9.53 Å². The molecule has 0 saturated carbocycles. The number of methoxy groups -OCH3 is 1. The van der Waals surface area contributed by atoms with E-state index in [0.717, 1.165) is 0 Å². The zero-order valence-electron chi connectivity index (χ0n) is 10.3. The summed E-state index contributed by atoms with van der Waals surface area (Å²) in [4.78, 5) is 38.6. The summed E-state index contributed by atoms with van der Waals surface area (Å²) in [6.07, 6.45) is -0.640. The lowest BCUT2D eigenvalue weighted by Crippen LogP contribution is -2.41. The van der Waals surface area contributed by atoms with Crippen LogP contribution in [0.25, 0.3) is 0 Å². The Morgan fingerprint density at radius 2 is 2.21 bits per heavy atom. The van der Waals surface area contributed by atoms with Gasteiger partial charge < -0.3 is 19.7 Å². The van der Waals surface area contributed by atoms with Crippen molar-refractivity contribution in [3.8, 4) is 0 Å². The smallest absolute Gasteiger partial charge is 0.328 e. The van der Waals surface area contributed by atoms with Gasteiger partial charge in [-0.15, -0.1) is 0 Å². The van der Waals surface area contributed by atoms with E-state index in [2.05, 4.69) is 9.72 Å². The van der Waals surface area contributed by atoms with Gasteiger partial charge in [0.1, 0.15) is 11.7 Å². The first-order valence-corrected chi connectivity index (χ1v) is 5.79. The van der Waals surface area contributed by atoms with Crippen molar-refractivity contribution in [1.29, 1.82) is 0 Å². The van der Waals surface area contributed by atoms with E-state index in [1.807, 2.05) is 0 Å². The van der Waals surface area contributed by atoms with Gasteiger partial charge in [0.25, 0.3) is 5.91 Å². The van der Waals surface area contributed by atoms with Gasteiger partial charge in [-0.3, -0.25) is 9.59 Å². The minimum absolute atomic E-state index is 0.0372. The largest absolute Gasteiger partial charge is 0.467 e. The van der Waals surface area contributed by atoms with Crippen LogP contribution in [0, 0.1) is 0 Å². The van der Waals surface area contributed by atoms with Gasteiger partial charge in [0, 0.05) is 19.0 Å². The lowest BCUT2D eigenvalue weighted by atomic mass is 10.2. The Morgan fingerprint density at radius 3 is 2.84 bits per heavy atom. The molecule has 1 fully saturated rings. The number of carbonyl (C=O) groups is 2. The van der Waals surface area contributed by atoms with Gasteiger partial charge in [-0.05, 0) is 6.07 Å². The summed E-state index contributed by atoms with van der Waals surface area (Å²) in [5, 5.41) is 9.59. The molecule has 7 heteroatoms. The normalized spacial score (nSPS) is 22.3. The van der Waals surface area contributed by atoms with Gasteiger partial charge in [-0.1, -0.05) is 6.07 Å². The van der Waals surface area contributed by atoms with Crippen molar-refractivity contribution in [3.05, 3.63) is 34.2 Å². The Bertz CT molecular complexity index is 553. The van der Waals surface area contributed by atoms with Crippen molar-refractivity contribution in [2.75, 3.05) is 13.7 Å². The summed E-state index contributed by atoms with van der Waals surface area (Å²) in [7, 11) is 1.22. The number of H-pyrrole nitrogens is 1. The van der Waals surface area contributed by atoms with E-state index < -0.39 is 29.6 Å². The molecule has 0 spiro atoms. The molecule has 0 aliphatic carbocycles. The molecule has 0 bridgehead atoms. The quantitative estimate of drug-likeness (QED) is 0.677. The first-order chi connectivity index (χ1) is 9.02. The molecule has 1 aromatic heterocycles. The van der Waals surface area contributed by atoms with E-state index in [4.69, 9.17) is 0 Å². The number of esters is 1. The SMILES string of the molecule is COC(=O)C1CC(O)CN1C(=O)c1cccc(=O)[nH]1. The summed E-state index contributed by atoms with van der Waals surface area (Å²) in [5.41, 5.74) is -0.323. The molecule has 0 radical (unpaired) electrons. The molecule has 0 aromatic carbocycles. The number of carbonyl (C=O) groups excluding carboxylic acids is 2. The van der Waals surface area contributed by atoms with Crippen LogP contribution < -0.4 is 5.56 Å². The number of aliphatic hydroxyl groups excluding tert-OH is 1. The second-order valence-corrected chi connectivity index (χ2v) is 4.31. The number of aliphatic hydroxyl groups is 1. The Hall–Kier alpha value is -2.15. The van der Waals surface area contributed by atoms with E-state index >= 15 is 0 Å². The number of aromatic nitrogens is 1. The number of nitrogens with zero attached hydrogens (tertiary/aromatic N) is 1. The molecule has 2 N–H and O–H groups in total. The average molecular weight is 266 g/mol. The number of nitrogens with one attached hydrogen (secondary N) is 1. The maximum absolute atomic E-state index is 12.2. The summed E-state index contributed by atoms with van der Waals surface area (Å²) >= 11 is 0. The van der Waals surface area contributed by atoms with Crippen molar-refractivity contribution in [3.63, 3.8) is 0 Å². The van der Waals surface area contributed by atoms with Gasteiger partial charge in [-0.25, -0.2) is 4.79 Å². The third kappa shape index (κ3) is 2.65. The molecule has 1 aliphatic heterocycles. The average Bonchev–Trinajstić information content (AvgIpc) is 2.79. The first-order valence-electron chi connectivity index (χ1n) is 5.79. The Morgan fingerprint density at radius 1 is 1.47 bits per heavy atom. The van der Waals surface area contributed by atoms with Crippen LogP contribution in [0.1, 0.15) is 16.9 Å². The van der Waals surface area contributed by atoms with Crippen LogP contribution in [0.3, 0.4) is 0 Å². The summed E-state index contributed by atoms with van der Waals surface area (Å²) < 4.78 is 4.61. The van der Waals surface area contributed by atoms with E-state index in [1.165, 1.54) is 30.2 Å². The molecule has 1 saturated heterocycles. The second kappa shape index (κ2) is 5.23. The lowest BCUT2D eigenvalue weighted by Gasteiger charge is -2.21. The van der Waals surface area contributed by atoms with Crippen molar-refractivity contribution in [1.82, 2.24) is 9.88 Å². The zero-order chi connectivity index (χ0) is 14.0. The number of ether oxygens (including phenoxy) is 1. The molecule has 2 heterocycles. The van der Waals surface area contributed by atoms with Crippen LogP contribution >= 0.6 is 0 Å². The Balaban J connectivity index is 2.26. The van der Waals surface area contributed by atoms with Crippen molar-refractivity contribution >= 4 is 11.9 Å². The number of β-amino-alcohol motifs (C(OH)–C–C–N with tert-alkyl or cyclic N) is 1. The maximum Gasteiger partial charge on any atom is 0.328 e. The fraction of sp³-hybridized carbons (Fsp3) is 0.417. The monoisotopic (exact) mass is 266 g/mol. The van der Waals surface area contributed by atoms with E-state index in [9.17, 15) is 19.5 Å². The summed E-state index contributed by atoms with van der Waals surface area (Å²) in [6.45, 7) is 0.0372. The maximum atomic E-state index is 12.2. The van der Waals surface area contributed by atoms with E-state index in [-0.39, 0.29) is 18.7 Å². The molecule has 102 valence electrons. The molecule has 2 atom stereocenters. The molecule has 1 aliphatic rings. The van der Waals surface area contributed by atoms with E-state index in [0.29, 0.717) is 0 Å². The van der Waals surface area contributed by atoms with Gasteiger partial charge in [0.2, 0.25) is 5.56 Å². The minimum atomic E-state index is -0.823. The van der Waals surface area contributed by atoms with Crippen LogP contribution in [0.4, 0.5) is 0 Å². The predicted molar refractivity (Wildman–Crippen MR) is 64.5 cm³/mol. The number of rotatable bonds is 2. The van der Waals surface area contributed by atoms with Gasteiger partial charge in [0.15, 0.2) is 0 Å². The third-order valence-electron chi connectivity index (χ3n) is 3.01. The standard InChI is InChI=1S/C12H14N2O5/c1-19-12(18)9-5-7(15)6-14(9)11(17)8-3-2-4-10(16)13-8/h2-4,7,9,15H,5-6H2,1H3,(H,13,16). The fourth-order valence-electron chi connectivity index (χ4n) is 2.12. The zero-order valence-corrected chi connectivity index (χ0v) is 10.3. The van der Waals surface area contributed by atoms with Crippen molar-refractivity contribution in [2.45, 2.75) is 18.6 Å². The summed E-state index contributed by atoms with van der Waals surface area (Å²) in [5.74, 6) is -1.09.